The van der Waals surface area contributed by atoms with Gasteiger partial charge >= 0.3 is 0 Å². The van der Waals surface area contributed by atoms with Crippen molar-refractivity contribution >= 4 is 11.8 Å². The van der Waals surface area contributed by atoms with Gasteiger partial charge in [0.05, 0.1) is 4.87 Å². The molecule has 0 aliphatic carbocycles. The van der Waals surface area contributed by atoms with E-state index < -0.39 is 0 Å². The summed E-state index contributed by atoms with van der Waals surface area (Å²) in [6, 6.07) is 0.716. The molecule has 13 heavy (non-hydrogen) atoms. The van der Waals surface area contributed by atoms with E-state index in [0.717, 1.165) is 0 Å². The molecule has 1 nitrogen and oxygen atoms in total. The fourth-order valence-electron chi connectivity index (χ4n) is 1.95. The van der Waals surface area contributed by atoms with E-state index in [9.17, 15) is 0 Å². The van der Waals surface area contributed by atoms with Crippen LogP contribution in [0.15, 0.2) is 0 Å². The van der Waals surface area contributed by atoms with E-state index in [-0.39, 0.29) is 0 Å². The molecule has 1 fully saturated rings. The highest BCUT2D eigenvalue weighted by Crippen LogP contribution is 2.33. The van der Waals surface area contributed by atoms with Crippen molar-refractivity contribution in [1.29, 1.82) is 0 Å². The van der Waals surface area contributed by atoms with Gasteiger partial charge in [-0.05, 0) is 32.4 Å². The molecule has 0 spiro atoms. The van der Waals surface area contributed by atoms with Gasteiger partial charge in [-0.25, -0.2) is 0 Å². The molecule has 1 saturated heterocycles. The molecule has 2 heteroatoms. The Hall–Kier alpha value is 0.310. The Labute approximate surface area is 87.1 Å². The summed E-state index contributed by atoms with van der Waals surface area (Å²) in [5, 5.41) is 3.71. The molecule has 0 aromatic heterocycles. The third kappa shape index (κ3) is 3.90. The molecule has 2 atom stereocenters. The molecule has 0 bridgehead atoms. The van der Waals surface area contributed by atoms with Crippen LogP contribution < -0.4 is 5.32 Å². The highest BCUT2D eigenvalue weighted by molar-refractivity contribution is 8.00. The van der Waals surface area contributed by atoms with Crippen LogP contribution in [0.5, 0.6) is 0 Å². The van der Waals surface area contributed by atoms with Gasteiger partial charge in [-0.3, -0.25) is 0 Å². The summed E-state index contributed by atoms with van der Waals surface area (Å²) in [6.45, 7) is 6.94. The zero-order valence-corrected chi connectivity index (χ0v) is 10.0. The Morgan fingerprint density at radius 3 is 2.85 bits per heavy atom. The molecule has 2 unspecified atom stereocenters. The minimum absolute atomic E-state index is 0.368. The maximum atomic E-state index is 3.71. The first-order valence-corrected chi connectivity index (χ1v) is 6.56. The van der Waals surface area contributed by atoms with Crippen LogP contribution in [0.25, 0.3) is 0 Å². The molecule has 0 aromatic rings. The predicted octanol–water partition coefficient (Wildman–Crippen LogP) is 3.40. The second-order valence-electron chi connectivity index (χ2n) is 4.37. The molecule has 1 rings (SSSR count). The van der Waals surface area contributed by atoms with Crippen molar-refractivity contribution in [3.63, 3.8) is 0 Å². The van der Waals surface area contributed by atoms with Crippen LogP contribution in [0.4, 0.5) is 0 Å². The van der Waals surface area contributed by atoms with E-state index >= 15 is 0 Å². The fourth-order valence-corrected chi connectivity index (χ4v) is 3.45. The van der Waals surface area contributed by atoms with Crippen molar-refractivity contribution in [3.8, 4) is 0 Å². The number of hydrogen-bond donors (Lipinski definition) is 1. The fraction of sp³-hybridized carbons (Fsp3) is 1.00. The molecular weight excluding hydrogens is 178 g/mol. The normalized spacial score (nSPS) is 34.8. The lowest BCUT2D eigenvalue weighted by molar-refractivity contribution is 0.379. The smallest absolute Gasteiger partial charge is 0.0618 e. The first kappa shape index (κ1) is 11.4. The number of thioether (sulfide) groups is 1. The first-order chi connectivity index (χ1) is 6.16. The molecule has 0 radical (unpaired) electrons. The molecule has 1 aliphatic heterocycles. The monoisotopic (exact) mass is 201 g/mol. The van der Waals surface area contributed by atoms with Gasteiger partial charge < -0.3 is 5.32 Å². The predicted molar refractivity (Wildman–Crippen MR) is 62.2 cm³/mol. The molecule has 1 N–H and O–H groups in total. The lowest BCUT2D eigenvalue weighted by Gasteiger charge is -2.38. The van der Waals surface area contributed by atoms with Gasteiger partial charge in [0.2, 0.25) is 0 Å². The average molecular weight is 201 g/mol. The Kier molecular flexibility index (Phi) is 4.60. The highest BCUT2D eigenvalue weighted by Gasteiger charge is 2.29. The summed E-state index contributed by atoms with van der Waals surface area (Å²) >= 11 is 2.11. The Morgan fingerprint density at radius 2 is 2.23 bits per heavy atom. The molecule has 0 amide bonds. The average Bonchev–Trinajstić information content (AvgIpc) is 2.04. The maximum Gasteiger partial charge on any atom is 0.0618 e. The molecule has 1 aliphatic rings. The van der Waals surface area contributed by atoms with Crippen LogP contribution in [0.3, 0.4) is 0 Å². The minimum Gasteiger partial charge on any atom is -0.300 e. The van der Waals surface area contributed by atoms with E-state index in [1.54, 1.807) is 0 Å². The van der Waals surface area contributed by atoms with Gasteiger partial charge in [0.25, 0.3) is 0 Å². The summed E-state index contributed by atoms with van der Waals surface area (Å²) in [5.41, 5.74) is 0. The van der Waals surface area contributed by atoms with E-state index in [4.69, 9.17) is 0 Å². The first-order valence-electron chi connectivity index (χ1n) is 5.58. The Bertz CT molecular complexity index is 149. The zero-order chi connectivity index (χ0) is 9.73. The molecule has 1 heterocycles. The van der Waals surface area contributed by atoms with Gasteiger partial charge in [0, 0.05) is 6.04 Å². The standard InChI is InChI=1S/C11H23NS/c1-4-5-6-8-11(3)12-10(2)7-9-13-11/h10,12H,4-9H2,1-3H3. The van der Waals surface area contributed by atoms with E-state index in [0.29, 0.717) is 10.9 Å². The van der Waals surface area contributed by atoms with E-state index in [2.05, 4.69) is 37.8 Å². The van der Waals surface area contributed by atoms with E-state index in [1.807, 2.05) is 0 Å². The van der Waals surface area contributed by atoms with Crippen molar-refractivity contribution in [2.24, 2.45) is 0 Å². The van der Waals surface area contributed by atoms with Crippen molar-refractivity contribution in [2.75, 3.05) is 5.75 Å². The Morgan fingerprint density at radius 1 is 1.46 bits per heavy atom. The van der Waals surface area contributed by atoms with Crippen LogP contribution in [-0.4, -0.2) is 16.7 Å². The van der Waals surface area contributed by atoms with Gasteiger partial charge in [-0.1, -0.05) is 26.2 Å². The largest absolute Gasteiger partial charge is 0.300 e. The second-order valence-corrected chi connectivity index (χ2v) is 5.97. The summed E-state index contributed by atoms with van der Waals surface area (Å²) < 4.78 is 0. The van der Waals surface area contributed by atoms with Crippen molar-refractivity contribution in [1.82, 2.24) is 5.32 Å². The third-order valence-electron chi connectivity index (χ3n) is 2.78. The minimum atomic E-state index is 0.368. The summed E-state index contributed by atoms with van der Waals surface area (Å²) in [5.74, 6) is 1.33. The lowest BCUT2D eigenvalue weighted by atomic mass is 10.1. The van der Waals surface area contributed by atoms with Crippen LogP contribution in [0.2, 0.25) is 0 Å². The number of nitrogens with one attached hydrogen (secondary N) is 1. The van der Waals surface area contributed by atoms with Crippen LogP contribution in [0, 0.1) is 0 Å². The van der Waals surface area contributed by atoms with Crippen LogP contribution >= 0.6 is 11.8 Å². The number of hydrogen-bond acceptors (Lipinski definition) is 2. The lowest BCUT2D eigenvalue weighted by Crippen LogP contribution is -2.48. The van der Waals surface area contributed by atoms with Gasteiger partial charge in [-0.2, -0.15) is 0 Å². The molecule has 0 saturated carbocycles. The third-order valence-corrected chi connectivity index (χ3v) is 4.18. The topological polar surface area (TPSA) is 12.0 Å². The molecular formula is C11H23NS. The van der Waals surface area contributed by atoms with Crippen LogP contribution in [-0.2, 0) is 0 Å². The summed E-state index contributed by atoms with van der Waals surface area (Å²) in [7, 11) is 0. The second kappa shape index (κ2) is 5.26. The van der Waals surface area contributed by atoms with Crippen LogP contribution in [0.1, 0.15) is 52.9 Å². The highest BCUT2D eigenvalue weighted by atomic mass is 32.2. The van der Waals surface area contributed by atoms with Gasteiger partial charge in [0.1, 0.15) is 0 Å². The van der Waals surface area contributed by atoms with Gasteiger partial charge in [-0.15, -0.1) is 11.8 Å². The zero-order valence-electron chi connectivity index (χ0n) is 9.23. The van der Waals surface area contributed by atoms with E-state index in [1.165, 1.54) is 37.9 Å². The van der Waals surface area contributed by atoms with Gasteiger partial charge in [0.15, 0.2) is 0 Å². The quantitative estimate of drug-likeness (QED) is 0.700. The van der Waals surface area contributed by atoms with Crippen molar-refractivity contribution < 1.29 is 0 Å². The van der Waals surface area contributed by atoms with Crippen molar-refractivity contribution in [2.45, 2.75) is 63.8 Å². The summed E-state index contributed by atoms with van der Waals surface area (Å²) in [4.78, 5) is 0.368. The number of rotatable bonds is 4. The maximum absolute atomic E-state index is 3.71. The van der Waals surface area contributed by atoms with Crippen molar-refractivity contribution in [3.05, 3.63) is 0 Å². The molecule has 78 valence electrons. The molecule has 0 aromatic carbocycles. The summed E-state index contributed by atoms with van der Waals surface area (Å²) in [6.07, 6.45) is 6.74. The Balaban J connectivity index is 2.27. The number of unbranched alkanes of at least 4 members (excludes halogenated alkanes) is 2. The SMILES string of the molecule is CCCCCC1(C)NC(C)CCS1.